The van der Waals surface area contributed by atoms with E-state index < -0.39 is 28.6 Å². The maximum absolute atomic E-state index is 14.1. The van der Waals surface area contributed by atoms with Crippen molar-refractivity contribution in [2.75, 3.05) is 0 Å². The number of ether oxygens (including phenoxy) is 2. The number of nitrogens with zero attached hydrogens (tertiary/aromatic N) is 1. The normalized spacial score (nSPS) is 21.5. The number of phenols is 1. The summed E-state index contributed by atoms with van der Waals surface area (Å²) in [7, 11) is 0. The minimum Gasteiger partial charge on any atom is -0.507 e. The first-order valence-electron chi connectivity index (χ1n) is 13.4. The Bertz CT molecular complexity index is 1170. The molecule has 1 heterocycles. The summed E-state index contributed by atoms with van der Waals surface area (Å²) in [6.45, 7) is 0. The third-order valence-corrected chi connectivity index (χ3v) is 7.78. The summed E-state index contributed by atoms with van der Waals surface area (Å²) in [5.41, 5.74) is -2.20. The van der Waals surface area contributed by atoms with E-state index in [-0.39, 0.29) is 40.4 Å². The van der Waals surface area contributed by atoms with E-state index in [9.17, 15) is 24.8 Å². The number of hydrogen-bond donors (Lipinski definition) is 3. The molecule has 202 valence electrons. The van der Waals surface area contributed by atoms with Gasteiger partial charge in [0.25, 0.3) is 23.1 Å². The SMILES string of the molecule is O=C(NC1CCCCC1)C1(C(=O)NC2CCCCC2)OC(c2cc([N+](=O)[O-])ccc2O)Oc2ccccc21. The molecule has 2 aromatic carbocycles. The Balaban J connectivity index is 1.58. The number of nitro groups is 1. The molecule has 0 bridgehead atoms. The lowest BCUT2D eigenvalue weighted by molar-refractivity contribution is -0.385. The maximum Gasteiger partial charge on any atom is 0.270 e. The summed E-state index contributed by atoms with van der Waals surface area (Å²) in [5, 5.41) is 28.2. The van der Waals surface area contributed by atoms with Crippen molar-refractivity contribution < 1.29 is 29.1 Å². The molecule has 5 rings (SSSR count). The number of carbonyl (C=O) groups excluding carboxylic acids is 2. The molecule has 2 fully saturated rings. The lowest BCUT2D eigenvalue weighted by Gasteiger charge is -2.41. The standard InChI is InChI=1S/C28H33N3O7/c32-23-16-15-20(31(35)36)17-21(23)25-37-24-14-8-7-13-22(24)28(38-25,26(33)29-18-9-3-1-4-10-18)27(34)30-19-11-5-2-6-12-19/h7-8,13-19,25,32H,1-6,9-12H2,(H,29,33)(H,30,34). The number of nitro benzene ring substituents is 1. The van der Waals surface area contributed by atoms with Crippen molar-refractivity contribution >= 4 is 17.5 Å². The van der Waals surface area contributed by atoms with E-state index >= 15 is 0 Å². The highest BCUT2D eigenvalue weighted by molar-refractivity contribution is 6.10. The van der Waals surface area contributed by atoms with E-state index in [1.807, 2.05) is 0 Å². The number of hydrogen-bond acceptors (Lipinski definition) is 7. The summed E-state index contributed by atoms with van der Waals surface area (Å²) in [5.74, 6) is -1.30. The quantitative estimate of drug-likeness (QED) is 0.288. The highest BCUT2D eigenvalue weighted by Crippen LogP contribution is 2.46. The van der Waals surface area contributed by atoms with Crippen LogP contribution in [0, 0.1) is 10.1 Å². The lowest BCUT2D eigenvalue weighted by atomic mass is 9.86. The number of nitrogens with one attached hydrogen (secondary N) is 2. The van der Waals surface area contributed by atoms with Crippen LogP contribution in [0.3, 0.4) is 0 Å². The van der Waals surface area contributed by atoms with Crippen LogP contribution in [0.4, 0.5) is 5.69 Å². The van der Waals surface area contributed by atoms with E-state index in [1.54, 1.807) is 24.3 Å². The van der Waals surface area contributed by atoms with Crippen molar-refractivity contribution in [3.63, 3.8) is 0 Å². The highest BCUT2D eigenvalue weighted by atomic mass is 16.7. The Labute approximate surface area is 220 Å². The first kappa shape index (κ1) is 26.0. The fraction of sp³-hybridized carbons (Fsp3) is 0.500. The van der Waals surface area contributed by atoms with Gasteiger partial charge in [-0.3, -0.25) is 19.7 Å². The number of benzene rings is 2. The first-order valence-corrected chi connectivity index (χ1v) is 13.4. The van der Waals surface area contributed by atoms with Gasteiger partial charge in [0.2, 0.25) is 6.29 Å². The van der Waals surface area contributed by atoms with Crippen molar-refractivity contribution in [3.8, 4) is 11.5 Å². The molecule has 1 atom stereocenters. The van der Waals surface area contributed by atoms with Gasteiger partial charge in [0.05, 0.1) is 10.5 Å². The van der Waals surface area contributed by atoms with E-state index in [4.69, 9.17) is 9.47 Å². The number of phenolic OH excluding ortho intramolecular Hbond substituents is 1. The molecule has 1 unspecified atom stereocenters. The van der Waals surface area contributed by atoms with Crippen LogP contribution in [-0.4, -0.2) is 33.9 Å². The summed E-state index contributed by atoms with van der Waals surface area (Å²) in [4.78, 5) is 39.1. The predicted molar refractivity (Wildman–Crippen MR) is 137 cm³/mol. The van der Waals surface area contributed by atoms with E-state index in [0.29, 0.717) is 0 Å². The second-order valence-corrected chi connectivity index (χ2v) is 10.4. The number of carbonyl (C=O) groups is 2. The van der Waals surface area contributed by atoms with Crippen LogP contribution in [0.25, 0.3) is 0 Å². The van der Waals surface area contributed by atoms with Crippen LogP contribution in [0.15, 0.2) is 42.5 Å². The van der Waals surface area contributed by atoms with Crippen molar-refractivity contribution in [1.82, 2.24) is 10.6 Å². The lowest BCUT2D eigenvalue weighted by Crippen LogP contribution is -2.61. The van der Waals surface area contributed by atoms with Gasteiger partial charge in [-0.05, 0) is 37.8 Å². The van der Waals surface area contributed by atoms with Gasteiger partial charge in [0.1, 0.15) is 11.5 Å². The molecule has 0 saturated heterocycles. The zero-order valence-corrected chi connectivity index (χ0v) is 21.2. The van der Waals surface area contributed by atoms with Gasteiger partial charge in [-0.2, -0.15) is 0 Å². The molecule has 10 nitrogen and oxygen atoms in total. The number of fused-ring (bicyclic) bond motifs is 1. The smallest absolute Gasteiger partial charge is 0.270 e. The average molecular weight is 524 g/mol. The van der Waals surface area contributed by atoms with E-state index in [2.05, 4.69) is 10.6 Å². The zero-order chi connectivity index (χ0) is 26.7. The Morgan fingerprint density at radius 1 is 0.895 bits per heavy atom. The number of aromatic hydroxyl groups is 1. The molecule has 2 aromatic rings. The van der Waals surface area contributed by atoms with E-state index in [1.165, 1.54) is 6.07 Å². The van der Waals surface area contributed by atoms with Crippen LogP contribution >= 0.6 is 0 Å². The number of rotatable bonds is 6. The number of para-hydroxylation sites is 1. The highest BCUT2D eigenvalue weighted by Gasteiger charge is 2.56. The molecule has 3 N–H and O–H groups in total. The third-order valence-electron chi connectivity index (χ3n) is 7.78. The molecule has 2 amide bonds. The molecule has 0 radical (unpaired) electrons. The Hall–Kier alpha value is -3.66. The second-order valence-electron chi connectivity index (χ2n) is 10.4. The molecule has 0 spiro atoms. The molecule has 38 heavy (non-hydrogen) atoms. The fourth-order valence-electron chi connectivity index (χ4n) is 5.72. The number of non-ortho nitro benzene ring substituents is 1. The molecule has 0 aromatic heterocycles. The van der Waals surface area contributed by atoms with Crippen molar-refractivity contribution in [1.29, 1.82) is 0 Å². The summed E-state index contributed by atoms with van der Waals surface area (Å²) >= 11 is 0. The topological polar surface area (TPSA) is 140 Å². The van der Waals surface area contributed by atoms with Gasteiger partial charge in [0.15, 0.2) is 0 Å². The number of amides is 2. The molecule has 10 heteroatoms. The fourth-order valence-corrected chi connectivity index (χ4v) is 5.72. The summed E-state index contributed by atoms with van der Waals surface area (Å²) < 4.78 is 12.3. The van der Waals surface area contributed by atoms with Gasteiger partial charge in [-0.1, -0.05) is 56.7 Å². The van der Waals surface area contributed by atoms with Crippen LogP contribution < -0.4 is 15.4 Å². The molecular weight excluding hydrogens is 490 g/mol. The van der Waals surface area contributed by atoms with Crippen LogP contribution in [-0.2, 0) is 19.9 Å². The van der Waals surface area contributed by atoms with Crippen molar-refractivity contribution in [2.45, 2.75) is 88.2 Å². The van der Waals surface area contributed by atoms with Gasteiger partial charge >= 0.3 is 0 Å². The van der Waals surface area contributed by atoms with Gasteiger partial charge in [-0.25, -0.2) is 0 Å². The second kappa shape index (κ2) is 11.0. The molecule has 2 saturated carbocycles. The van der Waals surface area contributed by atoms with E-state index in [0.717, 1.165) is 76.3 Å². The third kappa shape index (κ3) is 5.05. The Morgan fingerprint density at radius 2 is 1.47 bits per heavy atom. The summed E-state index contributed by atoms with van der Waals surface area (Å²) in [6, 6.07) is 9.93. The van der Waals surface area contributed by atoms with Gasteiger partial charge in [0, 0.05) is 29.8 Å². The molecule has 2 aliphatic carbocycles. The van der Waals surface area contributed by atoms with Gasteiger partial charge < -0.3 is 25.2 Å². The van der Waals surface area contributed by atoms with Gasteiger partial charge in [-0.15, -0.1) is 0 Å². The Kier molecular flexibility index (Phi) is 7.51. The first-order chi connectivity index (χ1) is 18.4. The monoisotopic (exact) mass is 523 g/mol. The molecular formula is C28H33N3O7. The average Bonchev–Trinajstić information content (AvgIpc) is 2.93. The Morgan fingerprint density at radius 3 is 2.05 bits per heavy atom. The van der Waals surface area contributed by atoms with Crippen LogP contribution in [0.5, 0.6) is 11.5 Å². The molecule has 3 aliphatic rings. The molecule has 1 aliphatic heterocycles. The maximum atomic E-state index is 14.1. The van der Waals surface area contributed by atoms with Crippen LogP contribution in [0.1, 0.15) is 81.6 Å². The largest absolute Gasteiger partial charge is 0.507 e. The minimum atomic E-state index is -2.12. The zero-order valence-electron chi connectivity index (χ0n) is 21.2. The summed E-state index contributed by atoms with van der Waals surface area (Å²) in [6.07, 6.45) is 7.90. The van der Waals surface area contributed by atoms with Crippen molar-refractivity contribution in [3.05, 3.63) is 63.7 Å². The minimum absolute atomic E-state index is 0.0472. The van der Waals surface area contributed by atoms with Crippen molar-refractivity contribution in [2.24, 2.45) is 0 Å². The van der Waals surface area contributed by atoms with Crippen LogP contribution in [0.2, 0.25) is 0 Å². The predicted octanol–water partition coefficient (Wildman–Crippen LogP) is 4.50.